The summed E-state index contributed by atoms with van der Waals surface area (Å²) in [5.41, 5.74) is 1.52. The molecule has 0 aliphatic heterocycles. The SMILES string of the molecule is CC(C)CN(Cc1cc(-c2cccs2)on1)C(=O)Nc1ccccc1. The van der Waals surface area contributed by atoms with Crippen molar-refractivity contribution in [3.63, 3.8) is 0 Å². The minimum absolute atomic E-state index is 0.138. The lowest BCUT2D eigenvalue weighted by Gasteiger charge is -2.24. The number of urea groups is 1. The zero-order chi connectivity index (χ0) is 17.6. The van der Waals surface area contributed by atoms with E-state index >= 15 is 0 Å². The first-order chi connectivity index (χ1) is 12.1. The van der Waals surface area contributed by atoms with Crippen LogP contribution in [0, 0.1) is 5.92 Å². The van der Waals surface area contributed by atoms with Crippen molar-refractivity contribution in [2.45, 2.75) is 20.4 Å². The summed E-state index contributed by atoms with van der Waals surface area (Å²) in [6, 6.07) is 15.2. The molecule has 0 spiro atoms. The molecule has 25 heavy (non-hydrogen) atoms. The lowest BCUT2D eigenvalue weighted by atomic mass is 10.2. The van der Waals surface area contributed by atoms with Crippen LogP contribution in [0.3, 0.4) is 0 Å². The topological polar surface area (TPSA) is 58.4 Å². The largest absolute Gasteiger partial charge is 0.355 e. The second kappa shape index (κ2) is 7.98. The molecule has 2 aromatic heterocycles. The number of hydrogen-bond donors (Lipinski definition) is 1. The molecule has 5 nitrogen and oxygen atoms in total. The van der Waals surface area contributed by atoms with E-state index in [1.165, 1.54) is 0 Å². The van der Waals surface area contributed by atoms with E-state index in [2.05, 4.69) is 24.3 Å². The summed E-state index contributed by atoms with van der Waals surface area (Å²) in [5.74, 6) is 1.09. The minimum Gasteiger partial charge on any atom is -0.355 e. The molecule has 130 valence electrons. The molecule has 1 N–H and O–H groups in total. The number of aromatic nitrogens is 1. The Morgan fingerprint density at radius 1 is 1.24 bits per heavy atom. The predicted octanol–water partition coefficient (Wildman–Crippen LogP) is 5.09. The van der Waals surface area contributed by atoms with Gasteiger partial charge in [0.15, 0.2) is 5.76 Å². The van der Waals surface area contributed by atoms with Gasteiger partial charge in [-0.3, -0.25) is 0 Å². The van der Waals surface area contributed by atoms with Crippen LogP contribution >= 0.6 is 11.3 Å². The highest BCUT2D eigenvalue weighted by Gasteiger charge is 2.18. The molecule has 0 aliphatic rings. The van der Waals surface area contributed by atoms with Crippen LogP contribution in [0.5, 0.6) is 0 Å². The average Bonchev–Trinajstić information content (AvgIpc) is 3.26. The monoisotopic (exact) mass is 355 g/mol. The number of anilines is 1. The number of carbonyl (C=O) groups excluding carboxylic acids is 1. The summed E-state index contributed by atoms with van der Waals surface area (Å²) < 4.78 is 5.41. The van der Waals surface area contributed by atoms with Gasteiger partial charge in [-0.15, -0.1) is 11.3 Å². The molecule has 3 rings (SSSR count). The third-order valence-electron chi connectivity index (χ3n) is 3.57. The van der Waals surface area contributed by atoms with Crippen LogP contribution < -0.4 is 5.32 Å². The molecule has 2 amide bonds. The van der Waals surface area contributed by atoms with Gasteiger partial charge in [-0.05, 0) is 29.5 Å². The summed E-state index contributed by atoms with van der Waals surface area (Å²) >= 11 is 1.60. The summed E-state index contributed by atoms with van der Waals surface area (Å²) in [7, 11) is 0. The van der Waals surface area contributed by atoms with Crippen molar-refractivity contribution in [2.24, 2.45) is 5.92 Å². The smallest absolute Gasteiger partial charge is 0.322 e. The van der Waals surface area contributed by atoms with E-state index in [0.717, 1.165) is 22.0 Å². The van der Waals surface area contributed by atoms with Gasteiger partial charge in [-0.25, -0.2) is 4.79 Å². The van der Waals surface area contributed by atoms with E-state index in [9.17, 15) is 4.79 Å². The maximum Gasteiger partial charge on any atom is 0.322 e. The molecule has 6 heteroatoms. The number of hydrogen-bond acceptors (Lipinski definition) is 4. The minimum atomic E-state index is -0.138. The van der Waals surface area contributed by atoms with Crippen LogP contribution in [0.4, 0.5) is 10.5 Å². The Hall–Kier alpha value is -2.60. The van der Waals surface area contributed by atoms with Crippen LogP contribution in [0.2, 0.25) is 0 Å². The zero-order valence-corrected chi connectivity index (χ0v) is 15.1. The number of thiophene rings is 1. The second-order valence-corrected chi connectivity index (χ2v) is 7.18. The van der Waals surface area contributed by atoms with Gasteiger partial charge in [-0.2, -0.15) is 0 Å². The van der Waals surface area contributed by atoms with Crippen LogP contribution in [-0.4, -0.2) is 22.6 Å². The standard InChI is InChI=1S/C19H21N3O2S/c1-14(2)12-22(19(23)20-15-7-4-3-5-8-15)13-16-11-17(24-21-16)18-9-6-10-25-18/h3-11,14H,12-13H2,1-2H3,(H,20,23). The molecule has 0 atom stereocenters. The highest BCUT2D eigenvalue weighted by Crippen LogP contribution is 2.25. The maximum absolute atomic E-state index is 12.6. The van der Waals surface area contributed by atoms with Gasteiger partial charge in [-0.1, -0.05) is 43.3 Å². The summed E-state index contributed by atoms with van der Waals surface area (Å²) in [5, 5.41) is 9.05. The number of carbonyl (C=O) groups is 1. The van der Waals surface area contributed by atoms with E-state index in [1.54, 1.807) is 16.2 Å². The molecule has 0 saturated heterocycles. The van der Waals surface area contributed by atoms with Gasteiger partial charge >= 0.3 is 6.03 Å². The van der Waals surface area contributed by atoms with Crippen molar-refractivity contribution in [1.29, 1.82) is 0 Å². The lowest BCUT2D eigenvalue weighted by molar-refractivity contribution is 0.200. The fraction of sp³-hybridized carbons (Fsp3) is 0.263. The first-order valence-electron chi connectivity index (χ1n) is 8.22. The van der Waals surface area contributed by atoms with Crippen LogP contribution in [-0.2, 0) is 6.54 Å². The number of benzene rings is 1. The van der Waals surface area contributed by atoms with E-state index in [1.807, 2.05) is 53.9 Å². The molecule has 0 unspecified atom stereocenters. The molecule has 0 radical (unpaired) electrons. The Labute approximate surface area is 151 Å². The number of amides is 2. The van der Waals surface area contributed by atoms with Gasteiger partial charge in [0.2, 0.25) is 0 Å². The summed E-state index contributed by atoms with van der Waals surface area (Å²) in [4.78, 5) is 15.4. The quantitative estimate of drug-likeness (QED) is 0.670. The molecule has 0 bridgehead atoms. The van der Waals surface area contributed by atoms with Gasteiger partial charge < -0.3 is 14.7 Å². The fourth-order valence-corrected chi connectivity index (χ4v) is 3.17. The van der Waals surface area contributed by atoms with E-state index in [4.69, 9.17) is 4.52 Å². The molecule has 1 aromatic carbocycles. The summed E-state index contributed by atoms with van der Waals surface area (Å²) in [6.45, 7) is 5.22. The zero-order valence-electron chi connectivity index (χ0n) is 14.3. The van der Waals surface area contributed by atoms with Crippen LogP contribution in [0.1, 0.15) is 19.5 Å². The van der Waals surface area contributed by atoms with Crippen molar-refractivity contribution in [3.8, 4) is 10.6 Å². The van der Waals surface area contributed by atoms with Gasteiger partial charge in [0.1, 0.15) is 5.69 Å². The van der Waals surface area contributed by atoms with Gasteiger partial charge in [0.25, 0.3) is 0 Å². The molecular weight excluding hydrogens is 334 g/mol. The average molecular weight is 355 g/mol. The van der Waals surface area contributed by atoms with Gasteiger partial charge in [0.05, 0.1) is 11.4 Å². The maximum atomic E-state index is 12.6. The Bertz CT molecular complexity index is 797. The normalized spacial score (nSPS) is 10.8. The molecular formula is C19H21N3O2S. The van der Waals surface area contributed by atoms with Gasteiger partial charge in [0, 0.05) is 18.3 Å². The van der Waals surface area contributed by atoms with Crippen molar-refractivity contribution in [3.05, 3.63) is 59.6 Å². The lowest BCUT2D eigenvalue weighted by Crippen LogP contribution is -2.37. The Morgan fingerprint density at radius 2 is 2.04 bits per heavy atom. The van der Waals surface area contributed by atoms with Crippen LogP contribution in [0.25, 0.3) is 10.6 Å². The van der Waals surface area contributed by atoms with Crippen molar-refractivity contribution in [1.82, 2.24) is 10.1 Å². The third-order valence-corrected chi connectivity index (χ3v) is 4.46. The van der Waals surface area contributed by atoms with Crippen molar-refractivity contribution >= 4 is 23.1 Å². The fourth-order valence-electron chi connectivity index (χ4n) is 2.50. The highest BCUT2D eigenvalue weighted by atomic mass is 32.1. The second-order valence-electron chi connectivity index (χ2n) is 6.23. The Balaban J connectivity index is 1.71. The number of nitrogens with zero attached hydrogens (tertiary/aromatic N) is 2. The highest BCUT2D eigenvalue weighted by molar-refractivity contribution is 7.13. The number of para-hydroxylation sites is 1. The van der Waals surface area contributed by atoms with E-state index in [0.29, 0.717) is 19.0 Å². The molecule has 0 saturated carbocycles. The van der Waals surface area contributed by atoms with Crippen molar-refractivity contribution < 1.29 is 9.32 Å². The van der Waals surface area contributed by atoms with E-state index < -0.39 is 0 Å². The molecule has 3 aromatic rings. The molecule has 0 fully saturated rings. The number of nitrogens with one attached hydrogen (secondary N) is 1. The molecule has 2 heterocycles. The van der Waals surface area contributed by atoms with Crippen LogP contribution in [0.15, 0.2) is 58.4 Å². The number of rotatable bonds is 6. The van der Waals surface area contributed by atoms with Crippen molar-refractivity contribution in [2.75, 3.05) is 11.9 Å². The third kappa shape index (κ3) is 4.70. The predicted molar refractivity (Wildman–Crippen MR) is 101 cm³/mol. The van der Waals surface area contributed by atoms with E-state index in [-0.39, 0.29) is 6.03 Å². The summed E-state index contributed by atoms with van der Waals surface area (Å²) in [6.07, 6.45) is 0. The Kier molecular flexibility index (Phi) is 5.50. The first-order valence-corrected chi connectivity index (χ1v) is 9.10. The first kappa shape index (κ1) is 17.2. The molecule has 0 aliphatic carbocycles. The Morgan fingerprint density at radius 3 is 2.72 bits per heavy atom.